The van der Waals surface area contributed by atoms with Gasteiger partial charge in [-0.3, -0.25) is 0 Å². The summed E-state index contributed by atoms with van der Waals surface area (Å²) in [6.45, 7) is 0. The van der Waals surface area contributed by atoms with Crippen LogP contribution in [0.25, 0.3) is 0 Å². The molecule has 102 valence electrons. The van der Waals surface area contributed by atoms with E-state index in [2.05, 4.69) is 4.99 Å². The summed E-state index contributed by atoms with van der Waals surface area (Å²) in [5.74, 6) is -0.177. The molecule has 1 fully saturated rings. The van der Waals surface area contributed by atoms with Crippen molar-refractivity contribution in [2.45, 2.75) is 24.8 Å². The van der Waals surface area contributed by atoms with E-state index in [4.69, 9.17) is 21.1 Å². The van der Waals surface area contributed by atoms with Crippen LogP contribution in [0.2, 0.25) is 5.02 Å². The van der Waals surface area contributed by atoms with Crippen molar-refractivity contribution in [2.75, 3.05) is 14.2 Å². The molecule has 0 radical (unpaired) electrons. The maximum absolute atomic E-state index is 14.3. The first kappa shape index (κ1) is 13.8. The van der Waals surface area contributed by atoms with E-state index in [-0.39, 0.29) is 16.3 Å². The fraction of sp³-hybridized carbons (Fsp3) is 0.462. The van der Waals surface area contributed by atoms with Crippen molar-refractivity contribution in [1.29, 1.82) is 0 Å². The molecule has 0 aliphatic heterocycles. The first-order valence-electron chi connectivity index (χ1n) is 5.79. The van der Waals surface area contributed by atoms with Crippen LogP contribution in [0, 0.1) is 5.82 Å². The van der Waals surface area contributed by atoms with Crippen LogP contribution in [0.15, 0.2) is 11.1 Å². The van der Waals surface area contributed by atoms with E-state index >= 15 is 0 Å². The number of halogens is 2. The summed E-state index contributed by atoms with van der Waals surface area (Å²) in [5.41, 5.74) is -0.612. The molecule has 0 aromatic heterocycles. The fourth-order valence-corrected chi connectivity index (χ4v) is 2.58. The van der Waals surface area contributed by atoms with Gasteiger partial charge in [0.15, 0.2) is 17.3 Å². The van der Waals surface area contributed by atoms with Gasteiger partial charge in [-0.25, -0.2) is 9.18 Å². The quantitative estimate of drug-likeness (QED) is 0.630. The van der Waals surface area contributed by atoms with Crippen molar-refractivity contribution >= 4 is 17.7 Å². The van der Waals surface area contributed by atoms with Crippen molar-refractivity contribution in [3.63, 3.8) is 0 Å². The first-order valence-corrected chi connectivity index (χ1v) is 6.17. The number of benzene rings is 1. The standard InChI is InChI=1S/C13H13ClFNO3/c1-18-9-6-8(11(15)10(14)12(9)19-2)13(16-7-17)4-3-5-13/h6H,3-5H2,1-2H3. The van der Waals surface area contributed by atoms with Gasteiger partial charge in [-0.2, -0.15) is 4.99 Å². The Bertz CT molecular complexity index is 551. The second-order valence-electron chi connectivity index (χ2n) is 4.38. The molecule has 0 amide bonds. The molecule has 6 heteroatoms. The number of carbonyl (C=O) groups excluding carboxylic acids is 1. The average molecular weight is 286 g/mol. The molecule has 1 aromatic rings. The zero-order chi connectivity index (χ0) is 14.0. The number of rotatable bonds is 4. The molecule has 0 saturated heterocycles. The third-order valence-electron chi connectivity index (χ3n) is 3.49. The maximum atomic E-state index is 14.3. The van der Waals surface area contributed by atoms with E-state index < -0.39 is 11.4 Å². The normalized spacial score (nSPS) is 16.2. The summed E-state index contributed by atoms with van der Waals surface area (Å²) in [4.78, 5) is 14.3. The van der Waals surface area contributed by atoms with Crippen LogP contribution in [-0.4, -0.2) is 20.3 Å². The third kappa shape index (κ3) is 2.09. The molecule has 0 atom stereocenters. The molecule has 1 aliphatic carbocycles. The van der Waals surface area contributed by atoms with E-state index in [1.54, 1.807) is 0 Å². The highest BCUT2D eigenvalue weighted by Crippen LogP contribution is 2.50. The number of nitrogens with zero attached hydrogens (tertiary/aromatic N) is 1. The number of hydrogen-bond donors (Lipinski definition) is 0. The second-order valence-corrected chi connectivity index (χ2v) is 4.75. The Kier molecular flexibility index (Phi) is 3.78. The van der Waals surface area contributed by atoms with Crippen molar-refractivity contribution in [3.05, 3.63) is 22.5 Å². The summed E-state index contributed by atoms with van der Waals surface area (Å²) >= 11 is 5.95. The molecular weight excluding hydrogens is 273 g/mol. The first-order chi connectivity index (χ1) is 9.09. The molecule has 0 bridgehead atoms. The van der Waals surface area contributed by atoms with Gasteiger partial charge in [0.2, 0.25) is 6.08 Å². The maximum Gasteiger partial charge on any atom is 0.235 e. The van der Waals surface area contributed by atoms with Crippen LogP contribution in [-0.2, 0) is 10.3 Å². The Morgan fingerprint density at radius 1 is 1.42 bits per heavy atom. The Balaban J connectivity index is 2.64. The third-order valence-corrected chi connectivity index (χ3v) is 3.83. The lowest BCUT2D eigenvalue weighted by Crippen LogP contribution is -2.33. The number of isocyanates is 1. The van der Waals surface area contributed by atoms with E-state index in [1.807, 2.05) is 0 Å². The molecule has 1 saturated carbocycles. The number of methoxy groups -OCH3 is 2. The van der Waals surface area contributed by atoms with Gasteiger partial charge < -0.3 is 9.47 Å². The van der Waals surface area contributed by atoms with Gasteiger partial charge in [-0.05, 0) is 25.3 Å². The molecule has 0 heterocycles. The predicted molar refractivity (Wildman–Crippen MR) is 68.2 cm³/mol. The summed E-state index contributed by atoms with van der Waals surface area (Å²) in [6, 6.07) is 1.49. The molecule has 0 N–H and O–H groups in total. The highest BCUT2D eigenvalue weighted by Gasteiger charge is 2.42. The lowest BCUT2D eigenvalue weighted by atomic mass is 9.72. The Morgan fingerprint density at radius 2 is 2.11 bits per heavy atom. The SMILES string of the molecule is COc1cc(C2(N=C=O)CCC2)c(F)c(Cl)c1OC. The van der Waals surface area contributed by atoms with Crippen LogP contribution in [0.3, 0.4) is 0 Å². The van der Waals surface area contributed by atoms with Crippen LogP contribution in [0.1, 0.15) is 24.8 Å². The van der Waals surface area contributed by atoms with Crippen LogP contribution >= 0.6 is 11.6 Å². The number of ether oxygens (including phenoxy) is 2. The molecular formula is C13H13ClFNO3. The van der Waals surface area contributed by atoms with E-state index in [9.17, 15) is 9.18 Å². The van der Waals surface area contributed by atoms with E-state index in [0.717, 1.165) is 6.42 Å². The van der Waals surface area contributed by atoms with E-state index in [1.165, 1.54) is 26.4 Å². The molecule has 0 spiro atoms. The molecule has 1 aromatic carbocycles. The molecule has 4 nitrogen and oxygen atoms in total. The lowest BCUT2D eigenvalue weighted by Gasteiger charge is -2.37. The minimum atomic E-state index is -0.866. The molecule has 2 rings (SSSR count). The minimum Gasteiger partial charge on any atom is -0.493 e. The van der Waals surface area contributed by atoms with Gasteiger partial charge in [0, 0.05) is 5.56 Å². The number of aliphatic imine (C=N–C) groups is 1. The van der Waals surface area contributed by atoms with Crippen molar-refractivity contribution in [3.8, 4) is 11.5 Å². The largest absolute Gasteiger partial charge is 0.493 e. The molecule has 1 aliphatic rings. The summed E-state index contributed by atoms with van der Waals surface area (Å²) in [7, 11) is 2.82. The summed E-state index contributed by atoms with van der Waals surface area (Å²) in [6.07, 6.45) is 3.56. The monoisotopic (exact) mass is 285 g/mol. The smallest absolute Gasteiger partial charge is 0.235 e. The highest BCUT2D eigenvalue weighted by atomic mass is 35.5. The number of hydrogen-bond acceptors (Lipinski definition) is 4. The zero-order valence-electron chi connectivity index (χ0n) is 10.6. The van der Waals surface area contributed by atoms with Crippen molar-refractivity contribution in [2.24, 2.45) is 4.99 Å². The Labute approximate surface area is 115 Å². The van der Waals surface area contributed by atoms with Gasteiger partial charge in [-0.1, -0.05) is 11.6 Å². The zero-order valence-corrected chi connectivity index (χ0v) is 11.4. The van der Waals surface area contributed by atoms with Crippen molar-refractivity contribution < 1.29 is 18.7 Å². The lowest BCUT2D eigenvalue weighted by molar-refractivity contribution is 0.245. The topological polar surface area (TPSA) is 47.9 Å². The fourth-order valence-electron chi connectivity index (χ4n) is 2.31. The highest BCUT2D eigenvalue weighted by molar-refractivity contribution is 6.32. The van der Waals surface area contributed by atoms with Crippen LogP contribution < -0.4 is 9.47 Å². The van der Waals surface area contributed by atoms with Crippen molar-refractivity contribution in [1.82, 2.24) is 0 Å². The predicted octanol–water partition coefficient (Wildman–Crippen LogP) is 3.21. The summed E-state index contributed by atoms with van der Waals surface area (Å²) in [5, 5.41) is -0.163. The molecule has 19 heavy (non-hydrogen) atoms. The van der Waals surface area contributed by atoms with Gasteiger partial charge in [-0.15, -0.1) is 0 Å². The Morgan fingerprint density at radius 3 is 2.53 bits per heavy atom. The van der Waals surface area contributed by atoms with Crippen LogP contribution in [0.5, 0.6) is 11.5 Å². The second kappa shape index (κ2) is 5.19. The Hall–Kier alpha value is -1.58. The minimum absolute atomic E-state index is 0.134. The summed E-state index contributed by atoms with van der Waals surface area (Å²) < 4.78 is 24.5. The van der Waals surface area contributed by atoms with Gasteiger partial charge in [0.05, 0.1) is 14.2 Å². The van der Waals surface area contributed by atoms with Gasteiger partial charge >= 0.3 is 0 Å². The van der Waals surface area contributed by atoms with E-state index in [0.29, 0.717) is 18.6 Å². The van der Waals surface area contributed by atoms with Gasteiger partial charge in [0.1, 0.15) is 10.6 Å². The average Bonchev–Trinajstić information content (AvgIpc) is 2.37. The van der Waals surface area contributed by atoms with Crippen LogP contribution in [0.4, 0.5) is 4.39 Å². The van der Waals surface area contributed by atoms with Gasteiger partial charge in [0.25, 0.3) is 0 Å². The molecule has 0 unspecified atom stereocenters.